The van der Waals surface area contributed by atoms with E-state index in [9.17, 15) is 18.4 Å². The van der Waals surface area contributed by atoms with Crippen LogP contribution in [0.5, 0.6) is 5.75 Å². The molecule has 5 nitrogen and oxygen atoms in total. The highest BCUT2D eigenvalue weighted by Crippen LogP contribution is 2.21. The fraction of sp³-hybridized carbons (Fsp3) is 0.368. The first-order valence-corrected chi connectivity index (χ1v) is 8.35. The number of Topliss-reactive ketones (excluding diaryl/α,β-unsaturated/α-hetero) is 1. The number of halogens is 2. The van der Waals surface area contributed by atoms with Crippen molar-refractivity contribution in [3.63, 3.8) is 0 Å². The normalized spacial score (nSPS) is 11.9. The molecule has 0 saturated heterocycles. The van der Waals surface area contributed by atoms with E-state index in [0.29, 0.717) is 28.9 Å². The fourth-order valence-electron chi connectivity index (χ4n) is 2.85. The highest BCUT2D eigenvalue weighted by Gasteiger charge is 2.22. The predicted molar refractivity (Wildman–Crippen MR) is 93.7 cm³/mol. The molecular formula is C19H22F2N2O3. The lowest BCUT2D eigenvalue weighted by Gasteiger charge is -2.15. The van der Waals surface area contributed by atoms with Crippen molar-refractivity contribution in [1.29, 1.82) is 0 Å². The zero-order valence-electron chi connectivity index (χ0n) is 15.2. The quantitative estimate of drug-likeness (QED) is 0.738. The molecule has 0 saturated carbocycles. The maximum absolute atomic E-state index is 13.6. The summed E-state index contributed by atoms with van der Waals surface area (Å²) >= 11 is 0. The number of ether oxygens (including phenoxy) is 1. The number of ketones is 1. The van der Waals surface area contributed by atoms with E-state index in [1.165, 1.54) is 13.0 Å². The Morgan fingerprint density at radius 3 is 2.58 bits per heavy atom. The number of rotatable bonds is 7. The molecule has 1 unspecified atom stereocenters. The summed E-state index contributed by atoms with van der Waals surface area (Å²) < 4.78 is 31.7. The van der Waals surface area contributed by atoms with Crippen molar-refractivity contribution >= 4 is 11.7 Å². The van der Waals surface area contributed by atoms with Gasteiger partial charge in [0, 0.05) is 17.3 Å². The summed E-state index contributed by atoms with van der Waals surface area (Å²) in [7, 11) is 0. The summed E-state index contributed by atoms with van der Waals surface area (Å²) in [6.07, 6.45) is 0.535. The minimum absolute atomic E-state index is 0.00894. The Hall–Kier alpha value is -2.70. The minimum Gasteiger partial charge on any atom is -0.488 e. The SMILES string of the molecule is CCc1c(C(=O)NC(C)COc2ccc(F)cc2F)[nH]c(C)c1C(C)=O. The van der Waals surface area contributed by atoms with E-state index in [0.717, 1.165) is 12.1 Å². The number of carbonyl (C=O) groups excluding carboxylic acids is 2. The Labute approximate surface area is 150 Å². The molecule has 0 fully saturated rings. The van der Waals surface area contributed by atoms with Crippen molar-refractivity contribution < 1.29 is 23.1 Å². The Balaban J connectivity index is 2.05. The van der Waals surface area contributed by atoms with E-state index < -0.39 is 17.7 Å². The summed E-state index contributed by atoms with van der Waals surface area (Å²) in [5, 5.41) is 2.75. The number of aromatic nitrogens is 1. The summed E-state index contributed by atoms with van der Waals surface area (Å²) in [5.41, 5.74) is 2.20. The lowest BCUT2D eigenvalue weighted by Crippen LogP contribution is -2.37. The van der Waals surface area contributed by atoms with Gasteiger partial charge in [0.1, 0.15) is 18.1 Å². The number of H-pyrrole nitrogens is 1. The van der Waals surface area contributed by atoms with Gasteiger partial charge >= 0.3 is 0 Å². The highest BCUT2D eigenvalue weighted by atomic mass is 19.1. The number of hydrogen-bond acceptors (Lipinski definition) is 3. The molecule has 0 spiro atoms. The Morgan fingerprint density at radius 2 is 2.00 bits per heavy atom. The average molecular weight is 364 g/mol. The second kappa shape index (κ2) is 8.12. The maximum Gasteiger partial charge on any atom is 0.268 e. The van der Waals surface area contributed by atoms with Gasteiger partial charge in [-0.15, -0.1) is 0 Å². The van der Waals surface area contributed by atoms with Gasteiger partial charge in [-0.2, -0.15) is 0 Å². The largest absolute Gasteiger partial charge is 0.488 e. The first-order chi connectivity index (χ1) is 12.2. The van der Waals surface area contributed by atoms with Crippen LogP contribution in [0.2, 0.25) is 0 Å². The third-order valence-electron chi connectivity index (χ3n) is 3.98. The first-order valence-electron chi connectivity index (χ1n) is 8.35. The van der Waals surface area contributed by atoms with Gasteiger partial charge in [-0.3, -0.25) is 9.59 Å². The Kier molecular flexibility index (Phi) is 6.13. The molecule has 1 atom stereocenters. The van der Waals surface area contributed by atoms with Gasteiger partial charge in [0.05, 0.1) is 6.04 Å². The maximum atomic E-state index is 13.6. The van der Waals surface area contributed by atoms with Gasteiger partial charge in [-0.05, 0) is 44.9 Å². The minimum atomic E-state index is -0.803. The highest BCUT2D eigenvalue weighted by molar-refractivity contribution is 6.02. The van der Waals surface area contributed by atoms with Crippen LogP contribution in [0.3, 0.4) is 0 Å². The van der Waals surface area contributed by atoms with Gasteiger partial charge in [0.25, 0.3) is 5.91 Å². The molecule has 0 aliphatic carbocycles. The lowest BCUT2D eigenvalue weighted by molar-refractivity contribution is 0.0920. The van der Waals surface area contributed by atoms with Crippen LogP contribution in [-0.4, -0.2) is 29.3 Å². The molecule has 2 aromatic rings. The molecule has 1 aromatic heterocycles. The number of benzene rings is 1. The van der Waals surface area contributed by atoms with Crippen molar-refractivity contribution in [1.82, 2.24) is 10.3 Å². The third-order valence-corrected chi connectivity index (χ3v) is 3.98. The van der Waals surface area contributed by atoms with Crippen LogP contribution in [0.4, 0.5) is 8.78 Å². The number of aromatic amines is 1. The molecule has 1 aromatic carbocycles. The first kappa shape index (κ1) is 19.6. The van der Waals surface area contributed by atoms with Crippen molar-refractivity contribution in [3.8, 4) is 5.75 Å². The van der Waals surface area contributed by atoms with Crippen LogP contribution in [0.15, 0.2) is 18.2 Å². The van der Waals surface area contributed by atoms with Crippen LogP contribution < -0.4 is 10.1 Å². The van der Waals surface area contributed by atoms with Crippen molar-refractivity contribution in [2.45, 2.75) is 40.2 Å². The van der Waals surface area contributed by atoms with E-state index in [1.54, 1.807) is 13.8 Å². The van der Waals surface area contributed by atoms with E-state index in [-0.39, 0.29) is 24.0 Å². The Bertz CT molecular complexity index is 830. The summed E-state index contributed by atoms with van der Waals surface area (Å²) in [5.74, 6) is -2.04. The van der Waals surface area contributed by atoms with E-state index in [2.05, 4.69) is 10.3 Å². The van der Waals surface area contributed by atoms with E-state index >= 15 is 0 Å². The van der Waals surface area contributed by atoms with Crippen LogP contribution in [0.25, 0.3) is 0 Å². The second-order valence-electron chi connectivity index (χ2n) is 6.15. The van der Waals surface area contributed by atoms with Gasteiger partial charge in [0.15, 0.2) is 17.3 Å². The molecule has 2 rings (SSSR count). The standard InChI is InChI=1S/C19H22F2N2O3/c1-5-14-17(12(4)24)11(3)23-18(14)19(25)22-10(2)9-26-16-7-6-13(20)8-15(16)21/h6-8,10,23H,5,9H2,1-4H3,(H,22,25). The number of amides is 1. The summed E-state index contributed by atoms with van der Waals surface area (Å²) in [6.45, 7) is 6.79. The van der Waals surface area contributed by atoms with Gasteiger partial charge in [0.2, 0.25) is 0 Å². The molecule has 0 aliphatic rings. The van der Waals surface area contributed by atoms with Crippen molar-refractivity contribution in [2.75, 3.05) is 6.61 Å². The smallest absolute Gasteiger partial charge is 0.268 e. The third kappa shape index (κ3) is 4.28. The van der Waals surface area contributed by atoms with E-state index in [1.807, 2.05) is 6.92 Å². The number of carbonyl (C=O) groups is 2. The number of aryl methyl sites for hydroxylation is 1. The summed E-state index contributed by atoms with van der Waals surface area (Å²) in [4.78, 5) is 27.3. The van der Waals surface area contributed by atoms with Gasteiger partial charge in [-0.1, -0.05) is 6.92 Å². The molecule has 1 amide bonds. The number of nitrogens with one attached hydrogen (secondary N) is 2. The van der Waals surface area contributed by atoms with Gasteiger partial charge < -0.3 is 15.0 Å². The second-order valence-corrected chi connectivity index (χ2v) is 6.15. The van der Waals surface area contributed by atoms with Crippen LogP contribution in [0, 0.1) is 18.6 Å². The molecule has 26 heavy (non-hydrogen) atoms. The van der Waals surface area contributed by atoms with Crippen LogP contribution >= 0.6 is 0 Å². The molecule has 0 bridgehead atoms. The fourth-order valence-corrected chi connectivity index (χ4v) is 2.85. The van der Waals surface area contributed by atoms with Crippen molar-refractivity contribution in [3.05, 3.63) is 52.3 Å². The van der Waals surface area contributed by atoms with Crippen LogP contribution in [0.1, 0.15) is 52.9 Å². The average Bonchev–Trinajstić information content (AvgIpc) is 2.90. The topological polar surface area (TPSA) is 71.2 Å². The van der Waals surface area contributed by atoms with Crippen LogP contribution in [-0.2, 0) is 6.42 Å². The molecule has 7 heteroatoms. The molecule has 0 aliphatic heterocycles. The van der Waals surface area contributed by atoms with Crippen molar-refractivity contribution in [2.24, 2.45) is 0 Å². The zero-order valence-corrected chi connectivity index (χ0v) is 15.2. The molecular weight excluding hydrogens is 342 g/mol. The number of hydrogen-bond donors (Lipinski definition) is 2. The van der Waals surface area contributed by atoms with Gasteiger partial charge in [-0.25, -0.2) is 8.78 Å². The molecule has 0 radical (unpaired) electrons. The molecule has 140 valence electrons. The van der Waals surface area contributed by atoms with E-state index in [4.69, 9.17) is 4.74 Å². The molecule has 1 heterocycles. The lowest BCUT2D eigenvalue weighted by atomic mass is 10.0. The molecule has 2 N–H and O–H groups in total. The summed E-state index contributed by atoms with van der Waals surface area (Å²) in [6, 6.07) is 2.60. The monoisotopic (exact) mass is 364 g/mol. The predicted octanol–water partition coefficient (Wildman–Crippen LogP) is 3.56. The Morgan fingerprint density at radius 1 is 1.31 bits per heavy atom. The zero-order chi connectivity index (χ0) is 19.4.